The van der Waals surface area contributed by atoms with Crippen LogP contribution in [0.3, 0.4) is 0 Å². The maximum atomic E-state index is 13.4. The standard InChI is InChI=1S/C21H21BrN2O3/c22-15-12-23-16-8-4-9-21(16)10-5-11-24(21)20(26)17(23)19(18(15)25)27-13-14-6-2-1-3-7-14/h1-3,6-7,12,16H,4-5,8-11,13H2. The molecule has 1 saturated heterocycles. The molecule has 1 aromatic carbocycles. The van der Waals surface area contributed by atoms with Crippen LogP contribution in [-0.4, -0.2) is 27.5 Å². The summed E-state index contributed by atoms with van der Waals surface area (Å²) in [5, 5.41) is 0. The van der Waals surface area contributed by atoms with Gasteiger partial charge in [0.05, 0.1) is 16.1 Å². The number of amides is 1. The Balaban J connectivity index is 1.63. The van der Waals surface area contributed by atoms with Gasteiger partial charge in [-0.05, 0) is 53.6 Å². The lowest BCUT2D eigenvalue weighted by Crippen LogP contribution is -2.55. The Labute approximate surface area is 166 Å². The summed E-state index contributed by atoms with van der Waals surface area (Å²) in [6.07, 6.45) is 7.07. The average molecular weight is 429 g/mol. The SMILES string of the molecule is O=C1c2c(OCc3ccccc3)c(=O)c(Br)cn2C2CCCC23CCCN13. The predicted molar refractivity (Wildman–Crippen MR) is 105 cm³/mol. The van der Waals surface area contributed by atoms with Gasteiger partial charge in [-0.15, -0.1) is 0 Å². The first kappa shape index (κ1) is 17.0. The van der Waals surface area contributed by atoms with Gasteiger partial charge >= 0.3 is 0 Å². The molecule has 2 aromatic rings. The number of pyridine rings is 1. The second-order valence-corrected chi connectivity index (χ2v) is 8.59. The van der Waals surface area contributed by atoms with Crippen LogP contribution in [0.2, 0.25) is 0 Å². The van der Waals surface area contributed by atoms with Crippen molar-refractivity contribution in [1.29, 1.82) is 0 Å². The summed E-state index contributed by atoms with van der Waals surface area (Å²) in [7, 11) is 0. The molecule has 0 N–H and O–H groups in total. The number of halogens is 1. The lowest BCUT2D eigenvalue weighted by atomic mass is 9.87. The molecule has 3 aliphatic rings. The predicted octanol–water partition coefficient (Wildman–Crippen LogP) is 3.90. The van der Waals surface area contributed by atoms with Gasteiger partial charge in [-0.3, -0.25) is 9.59 Å². The molecule has 1 aliphatic carbocycles. The van der Waals surface area contributed by atoms with Gasteiger partial charge in [0.1, 0.15) is 6.61 Å². The molecule has 5 nitrogen and oxygen atoms in total. The van der Waals surface area contributed by atoms with E-state index in [-0.39, 0.29) is 35.3 Å². The summed E-state index contributed by atoms with van der Waals surface area (Å²) < 4.78 is 8.44. The molecule has 6 heteroatoms. The van der Waals surface area contributed by atoms with Crippen LogP contribution in [-0.2, 0) is 6.61 Å². The Hall–Kier alpha value is -2.08. The van der Waals surface area contributed by atoms with Crippen molar-refractivity contribution < 1.29 is 9.53 Å². The number of carbonyl (C=O) groups is 1. The normalized spacial score (nSPS) is 25.9. The number of rotatable bonds is 3. The molecule has 0 bridgehead atoms. The molecule has 1 amide bonds. The van der Waals surface area contributed by atoms with E-state index in [9.17, 15) is 9.59 Å². The van der Waals surface area contributed by atoms with Crippen LogP contribution in [0.15, 0.2) is 45.8 Å². The van der Waals surface area contributed by atoms with E-state index < -0.39 is 0 Å². The van der Waals surface area contributed by atoms with Gasteiger partial charge in [0.2, 0.25) is 5.43 Å². The molecule has 3 heterocycles. The molecular formula is C21H21BrN2O3. The van der Waals surface area contributed by atoms with Gasteiger partial charge in [-0.2, -0.15) is 0 Å². The summed E-state index contributed by atoms with van der Waals surface area (Å²) in [6, 6.07) is 9.94. The molecule has 2 unspecified atom stereocenters. The van der Waals surface area contributed by atoms with Crippen molar-refractivity contribution in [3.63, 3.8) is 0 Å². The number of carbonyl (C=O) groups excluding carboxylic acids is 1. The van der Waals surface area contributed by atoms with E-state index in [0.29, 0.717) is 10.2 Å². The molecule has 0 radical (unpaired) electrons. The van der Waals surface area contributed by atoms with E-state index >= 15 is 0 Å². The minimum absolute atomic E-state index is 0.0571. The summed E-state index contributed by atoms with van der Waals surface area (Å²) in [5.41, 5.74) is 1.06. The van der Waals surface area contributed by atoms with E-state index in [1.54, 1.807) is 6.20 Å². The van der Waals surface area contributed by atoms with Crippen LogP contribution in [0, 0.1) is 0 Å². The fraction of sp³-hybridized carbons (Fsp3) is 0.429. The molecule has 2 atom stereocenters. The molecular weight excluding hydrogens is 408 g/mol. The van der Waals surface area contributed by atoms with Crippen LogP contribution in [0.1, 0.15) is 54.2 Å². The van der Waals surface area contributed by atoms with Gasteiger partial charge in [0, 0.05) is 12.7 Å². The zero-order valence-electron chi connectivity index (χ0n) is 15.0. The Morgan fingerprint density at radius 2 is 1.93 bits per heavy atom. The highest BCUT2D eigenvalue weighted by Crippen LogP contribution is 2.53. The summed E-state index contributed by atoms with van der Waals surface area (Å²) >= 11 is 3.40. The van der Waals surface area contributed by atoms with Crippen LogP contribution in [0.25, 0.3) is 0 Å². The van der Waals surface area contributed by atoms with E-state index in [2.05, 4.69) is 15.9 Å². The molecule has 1 spiro atoms. The molecule has 27 heavy (non-hydrogen) atoms. The maximum absolute atomic E-state index is 13.4. The maximum Gasteiger partial charge on any atom is 0.275 e. The Morgan fingerprint density at radius 3 is 2.74 bits per heavy atom. The monoisotopic (exact) mass is 428 g/mol. The Kier molecular flexibility index (Phi) is 3.93. The van der Waals surface area contributed by atoms with Gasteiger partial charge in [0.15, 0.2) is 11.4 Å². The highest BCUT2D eigenvalue weighted by Gasteiger charge is 2.56. The van der Waals surface area contributed by atoms with Crippen molar-refractivity contribution in [2.75, 3.05) is 6.54 Å². The van der Waals surface area contributed by atoms with Gasteiger partial charge in [0.25, 0.3) is 5.91 Å². The van der Waals surface area contributed by atoms with Crippen LogP contribution < -0.4 is 10.2 Å². The van der Waals surface area contributed by atoms with Crippen molar-refractivity contribution >= 4 is 21.8 Å². The largest absolute Gasteiger partial charge is 0.483 e. The minimum atomic E-state index is -0.254. The molecule has 5 rings (SSSR count). The summed E-state index contributed by atoms with van der Waals surface area (Å²) in [5.74, 6) is 0.115. The van der Waals surface area contributed by atoms with Crippen molar-refractivity contribution in [3.8, 4) is 5.75 Å². The summed E-state index contributed by atoms with van der Waals surface area (Å²) in [6.45, 7) is 1.04. The second-order valence-electron chi connectivity index (χ2n) is 7.74. The van der Waals surface area contributed by atoms with E-state index in [1.165, 1.54) is 0 Å². The fourth-order valence-corrected chi connectivity index (χ4v) is 5.67. The molecule has 1 aromatic heterocycles. The lowest BCUT2D eigenvalue weighted by molar-refractivity contribution is 0.0386. The Morgan fingerprint density at radius 1 is 1.15 bits per heavy atom. The zero-order valence-corrected chi connectivity index (χ0v) is 16.6. The van der Waals surface area contributed by atoms with Crippen LogP contribution >= 0.6 is 15.9 Å². The van der Waals surface area contributed by atoms with Crippen molar-refractivity contribution in [2.24, 2.45) is 0 Å². The number of ether oxygens (including phenoxy) is 1. The van der Waals surface area contributed by atoms with Crippen molar-refractivity contribution in [2.45, 2.75) is 50.3 Å². The zero-order chi connectivity index (χ0) is 18.6. The number of aromatic nitrogens is 1. The number of hydrogen-bond donors (Lipinski definition) is 0. The first-order chi connectivity index (χ1) is 13.1. The topological polar surface area (TPSA) is 51.5 Å². The van der Waals surface area contributed by atoms with Crippen molar-refractivity contribution in [3.05, 3.63) is 62.5 Å². The summed E-state index contributed by atoms with van der Waals surface area (Å²) in [4.78, 5) is 28.3. The highest BCUT2D eigenvalue weighted by atomic mass is 79.9. The molecule has 1 saturated carbocycles. The lowest BCUT2D eigenvalue weighted by Gasteiger charge is -2.46. The number of benzene rings is 1. The van der Waals surface area contributed by atoms with Gasteiger partial charge < -0.3 is 14.2 Å². The number of hydrogen-bond acceptors (Lipinski definition) is 3. The number of fused-ring (bicyclic) bond motifs is 2. The minimum Gasteiger partial charge on any atom is -0.483 e. The van der Waals surface area contributed by atoms with E-state index in [4.69, 9.17) is 4.74 Å². The third kappa shape index (κ3) is 2.42. The fourth-order valence-electron chi connectivity index (χ4n) is 5.27. The van der Waals surface area contributed by atoms with Crippen molar-refractivity contribution in [1.82, 2.24) is 9.47 Å². The van der Waals surface area contributed by atoms with Crippen LogP contribution in [0.4, 0.5) is 0 Å². The first-order valence-electron chi connectivity index (χ1n) is 9.55. The third-order valence-electron chi connectivity index (χ3n) is 6.39. The van der Waals surface area contributed by atoms with Gasteiger partial charge in [-0.25, -0.2) is 0 Å². The second kappa shape index (κ2) is 6.23. The average Bonchev–Trinajstić information content (AvgIpc) is 3.30. The first-order valence-corrected chi connectivity index (χ1v) is 10.3. The number of nitrogens with zero attached hydrogens (tertiary/aromatic N) is 2. The molecule has 2 aliphatic heterocycles. The van der Waals surface area contributed by atoms with E-state index in [0.717, 1.165) is 44.2 Å². The molecule has 140 valence electrons. The third-order valence-corrected chi connectivity index (χ3v) is 6.96. The van der Waals surface area contributed by atoms with E-state index in [1.807, 2.05) is 39.8 Å². The van der Waals surface area contributed by atoms with Gasteiger partial charge in [-0.1, -0.05) is 30.3 Å². The highest BCUT2D eigenvalue weighted by molar-refractivity contribution is 9.10. The van der Waals surface area contributed by atoms with Crippen LogP contribution in [0.5, 0.6) is 5.75 Å². The quantitative estimate of drug-likeness (QED) is 0.744. The Bertz CT molecular complexity index is 967. The smallest absolute Gasteiger partial charge is 0.275 e. The molecule has 2 fully saturated rings.